The Morgan fingerprint density at radius 3 is 2.78 bits per heavy atom. The number of fused-ring (bicyclic) bond motifs is 1. The van der Waals surface area contributed by atoms with Crippen LogP contribution in [-0.4, -0.2) is 41.2 Å². The van der Waals surface area contributed by atoms with Crippen LogP contribution in [-0.2, 0) is 6.54 Å². The fourth-order valence-corrected chi connectivity index (χ4v) is 3.36. The molecule has 1 saturated carbocycles. The van der Waals surface area contributed by atoms with Crippen LogP contribution in [0.15, 0.2) is 16.9 Å². The molecule has 2 aromatic rings. The van der Waals surface area contributed by atoms with Crippen molar-refractivity contribution >= 4 is 11.2 Å². The zero-order chi connectivity index (χ0) is 15.5. The molecule has 2 aromatic heterocycles. The zero-order valence-corrected chi connectivity index (χ0v) is 14.5. The molecule has 0 atom stereocenters. The van der Waals surface area contributed by atoms with Gasteiger partial charge in [-0.15, -0.1) is 0 Å². The lowest BCUT2D eigenvalue weighted by Crippen LogP contribution is -3.00. The van der Waals surface area contributed by atoms with Crippen molar-refractivity contribution in [2.24, 2.45) is 0 Å². The van der Waals surface area contributed by atoms with Gasteiger partial charge in [0.05, 0.1) is 7.11 Å². The first-order valence-electron chi connectivity index (χ1n) is 8.08. The van der Waals surface area contributed by atoms with Crippen molar-refractivity contribution in [2.45, 2.75) is 44.7 Å². The van der Waals surface area contributed by atoms with Crippen LogP contribution in [0.2, 0.25) is 0 Å². The Morgan fingerprint density at radius 2 is 2.09 bits per heavy atom. The highest BCUT2D eigenvalue weighted by Crippen LogP contribution is 2.21. The molecule has 128 valence electrons. The Hall–Kier alpha value is -1.53. The fraction of sp³-hybridized carbons (Fsp3) is 0.625. The Morgan fingerprint density at radius 1 is 1.35 bits per heavy atom. The molecule has 0 bridgehead atoms. The third-order valence-electron chi connectivity index (χ3n) is 4.75. The van der Waals surface area contributed by atoms with Crippen LogP contribution in [0.3, 0.4) is 0 Å². The van der Waals surface area contributed by atoms with E-state index in [0.717, 1.165) is 17.7 Å². The van der Waals surface area contributed by atoms with Crippen molar-refractivity contribution < 1.29 is 22.1 Å². The van der Waals surface area contributed by atoms with Crippen LogP contribution < -0.4 is 27.8 Å². The molecule has 2 N–H and O–H groups in total. The van der Waals surface area contributed by atoms with Crippen LogP contribution in [0.4, 0.5) is 0 Å². The fourth-order valence-electron chi connectivity index (χ4n) is 3.36. The summed E-state index contributed by atoms with van der Waals surface area (Å²) in [4.78, 5) is 20.6. The van der Waals surface area contributed by atoms with Gasteiger partial charge in [0, 0.05) is 18.7 Å². The van der Waals surface area contributed by atoms with Gasteiger partial charge in [-0.1, -0.05) is 19.3 Å². The molecular formula is C16H25ClN4O2. The first kappa shape index (κ1) is 17.8. The summed E-state index contributed by atoms with van der Waals surface area (Å²) in [5, 5.41) is 0. The lowest BCUT2D eigenvalue weighted by molar-refractivity contribution is -0.365. The molecule has 1 aliphatic carbocycles. The van der Waals surface area contributed by atoms with Crippen LogP contribution in [0.5, 0.6) is 5.88 Å². The van der Waals surface area contributed by atoms with E-state index >= 15 is 0 Å². The number of nitrogens with one attached hydrogen (secondary N) is 2. The second kappa shape index (κ2) is 7.84. The number of halogens is 1. The average Bonchev–Trinajstić information content (AvgIpc) is 2.87. The summed E-state index contributed by atoms with van der Waals surface area (Å²) >= 11 is 0. The van der Waals surface area contributed by atoms with E-state index in [1.54, 1.807) is 11.7 Å². The number of hydrogen-bond acceptors (Lipinski definition) is 3. The van der Waals surface area contributed by atoms with Crippen molar-refractivity contribution in [3.05, 3.63) is 22.6 Å². The summed E-state index contributed by atoms with van der Waals surface area (Å²) in [6.45, 7) is 1.55. The van der Waals surface area contributed by atoms with Gasteiger partial charge in [0.1, 0.15) is 12.1 Å². The number of nitrogens with zero attached hydrogens (tertiary/aromatic N) is 2. The summed E-state index contributed by atoms with van der Waals surface area (Å²) in [7, 11) is 3.78. The van der Waals surface area contributed by atoms with Gasteiger partial charge < -0.3 is 17.1 Å². The topological polar surface area (TPSA) is 64.4 Å². The summed E-state index contributed by atoms with van der Waals surface area (Å²) in [5.41, 5.74) is 1.53. The summed E-state index contributed by atoms with van der Waals surface area (Å²) < 4.78 is 6.97. The Balaban J connectivity index is 0.00000192. The van der Waals surface area contributed by atoms with Crippen molar-refractivity contribution in [3.63, 3.8) is 0 Å². The van der Waals surface area contributed by atoms with Gasteiger partial charge in [-0.2, -0.15) is 4.57 Å². The number of likely N-dealkylation sites (N-methyl/N-ethyl adjacent to an activating group) is 1. The van der Waals surface area contributed by atoms with Crippen LogP contribution in [0.25, 0.3) is 11.2 Å². The molecular weight excluding hydrogens is 316 g/mol. The quantitative estimate of drug-likeness (QED) is 0.714. The third kappa shape index (κ3) is 3.87. The smallest absolute Gasteiger partial charge is 0.413 e. The first-order valence-corrected chi connectivity index (χ1v) is 8.08. The molecule has 7 heteroatoms. The number of pyridine rings is 1. The molecule has 6 nitrogen and oxygen atoms in total. The van der Waals surface area contributed by atoms with Crippen LogP contribution in [0, 0.1) is 0 Å². The van der Waals surface area contributed by atoms with Crippen LogP contribution >= 0.6 is 0 Å². The first-order chi connectivity index (χ1) is 10.7. The minimum absolute atomic E-state index is 0. The number of ether oxygens (including phenoxy) is 1. The highest BCUT2D eigenvalue weighted by molar-refractivity contribution is 5.67. The predicted octanol–water partition coefficient (Wildman–Crippen LogP) is -1.58. The van der Waals surface area contributed by atoms with Gasteiger partial charge >= 0.3 is 11.3 Å². The lowest BCUT2D eigenvalue weighted by Gasteiger charge is -2.30. The average molecular weight is 341 g/mol. The number of methoxy groups -OCH3 is 1. The van der Waals surface area contributed by atoms with Gasteiger partial charge in [0.15, 0.2) is 0 Å². The second-order valence-corrected chi connectivity index (χ2v) is 6.14. The molecule has 1 aliphatic rings. The zero-order valence-electron chi connectivity index (χ0n) is 13.8. The molecule has 1 fully saturated rings. The van der Waals surface area contributed by atoms with Crippen molar-refractivity contribution in [2.75, 3.05) is 20.7 Å². The molecule has 0 spiro atoms. The maximum atomic E-state index is 12.2. The van der Waals surface area contributed by atoms with Gasteiger partial charge in [-0.3, -0.25) is 9.88 Å². The molecule has 0 unspecified atom stereocenters. The minimum Gasteiger partial charge on any atom is -1.00 e. The summed E-state index contributed by atoms with van der Waals surface area (Å²) in [6.07, 6.45) is 6.57. The van der Waals surface area contributed by atoms with Crippen molar-refractivity contribution in [1.29, 1.82) is 0 Å². The van der Waals surface area contributed by atoms with E-state index in [4.69, 9.17) is 4.74 Å². The monoisotopic (exact) mass is 340 g/mol. The van der Waals surface area contributed by atoms with E-state index in [-0.39, 0.29) is 18.1 Å². The largest absolute Gasteiger partial charge is 1.00 e. The number of aromatic nitrogens is 3. The second-order valence-electron chi connectivity index (χ2n) is 6.14. The van der Waals surface area contributed by atoms with E-state index in [9.17, 15) is 4.79 Å². The molecule has 23 heavy (non-hydrogen) atoms. The van der Waals surface area contributed by atoms with Gasteiger partial charge in [-0.05, 0) is 26.0 Å². The SMILES string of the molecule is COc1ccc2[nH]c(=O)n(CCN(C)C3CCCCC3)c2[nH+]1.[Cl-]. The maximum absolute atomic E-state index is 12.2. The number of imidazole rings is 1. The van der Waals surface area contributed by atoms with E-state index < -0.39 is 0 Å². The molecule has 0 amide bonds. The molecule has 0 aliphatic heterocycles. The Bertz CT molecular complexity index is 691. The molecule has 0 radical (unpaired) electrons. The van der Waals surface area contributed by atoms with E-state index in [0.29, 0.717) is 18.5 Å². The van der Waals surface area contributed by atoms with E-state index in [1.165, 1.54) is 32.1 Å². The summed E-state index contributed by atoms with van der Waals surface area (Å²) in [6, 6.07) is 4.35. The number of hydrogen-bond donors (Lipinski definition) is 1. The number of rotatable bonds is 5. The minimum atomic E-state index is -0.0726. The third-order valence-corrected chi connectivity index (χ3v) is 4.75. The highest BCUT2D eigenvalue weighted by Gasteiger charge is 2.21. The standard InChI is InChI=1S/C16H24N4O2.ClH/c1-19(12-6-4-3-5-7-12)10-11-20-15-13(17-16(20)21)8-9-14(18-15)22-2;/h8-9,12H,3-7,10-11H2,1-2H3,(H,17,21);1H. The van der Waals surface area contributed by atoms with Crippen molar-refractivity contribution in [3.8, 4) is 5.88 Å². The normalized spacial score (nSPS) is 15.8. The predicted molar refractivity (Wildman–Crippen MR) is 85.2 cm³/mol. The van der Waals surface area contributed by atoms with Gasteiger partial charge in [0.25, 0.3) is 5.88 Å². The number of aromatic amines is 2. The van der Waals surface area contributed by atoms with Gasteiger partial charge in [-0.25, -0.2) is 9.78 Å². The summed E-state index contributed by atoms with van der Waals surface area (Å²) in [5.74, 6) is 0.654. The maximum Gasteiger partial charge on any atom is 0.413 e. The number of H-pyrrole nitrogens is 2. The Labute approximate surface area is 142 Å². The van der Waals surface area contributed by atoms with Crippen LogP contribution in [0.1, 0.15) is 32.1 Å². The van der Waals surface area contributed by atoms with E-state index in [2.05, 4.69) is 21.9 Å². The lowest BCUT2D eigenvalue weighted by atomic mass is 9.94. The highest BCUT2D eigenvalue weighted by atomic mass is 35.5. The molecule has 0 saturated heterocycles. The molecule has 0 aromatic carbocycles. The molecule has 3 rings (SSSR count). The molecule has 2 heterocycles. The van der Waals surface area contributed by atoms with Crippen molar-refractivity contribution in [1.82, 2.24) is 14.5 Å². The Kier molecular flexibility index (Phi) is 6.07. The van der Waals surface area contributed by atoms with E-state index in [1.807, 2.05) is 12.1 Å². The van der Waals surface area contributed by atoms with Gasteiger partial charge in [0.2, 0.25) is 0 Å².